The number of para-hydroxylation sites is 1. The number of hydrogen-bond donors (Lipinski definition) is 1. The summed E-state index contributed by atoms with van der Waals surface area (Å²) in [5.74, 6) is -0.122. The lowest BCUT2D eigenvalue weighted by Gasteiger charge is -2.19. The summed E-state index contributed by atoms with van der Waals surface area (Å²) in [5.41, 5.74) is 1.13. The Kier molecular flexibility index (Phi) is 5.12. The summed E-state index contributed by atoms with van der Waals surface area (Å²) in [4.78, 5) is 13.3. The van der Waals surface area contributed by atoms with E-state index in [9.17, 15) is 4.79 Å². The van der Waals surface area contributed by atoms with Crippen LogP contribution in [0.4, 0.5) is 5.69 Å². The fourth-order valence-electron chi connectivity index (χ4n) is 1.30. The molecule has 0 spiro atoms. The van der Waals surface area contributed by atoms with Crippen molar-refractivity contribution < 1.29 is 4.79 Å². The molecule has 4 heteroatoms. The van der Waals surface area contributed by atoms with Gasteiger partial charge in [0.15, 0.2) is 0 Å². The van der Waals surface area contributed by atoms with Gasteiger partial charge in [0.25, 0.3) is 0 Å². The van der Waals surface area contributed by atoms with Crippen molar-refractivity contribution in [3.63, 3.8) is 0 Å². The number of alkyl halides is 1. The lowest BCUT2D eigenvalue weighted by molar-refractivity contribution is -0.120. The van der Waals surface area contributed by atoms with Crippen LogP contribution < -0.4 is 10.2 Å². The fraction of sp³-hybridized carbons (Fsp3) is 0.417. The van der Waals surface area contributed by atoms with Gasteiger partial charge in [-0.25, -0.2) is 0 Å². The van der Waals surface area contributed by atoms with E-state index in [0.29, 0.717) is 6.54 Å². The molecule has 1 rings (SSSR count). The summed E-state index contributed by atoms with van der Waals surface area (Å²) in [6.07, 6.45) is 0. The van der Waals surface area contributed by atoms with Gasteiger partial charge in [-0.3, -0.25) is 4.79 Å². The van der Waals surface area contributed by atoms with Crippen LogP contribution in [0, 0.1) is 0 Å². The Morgan fingerprint density at radius 3 is 2.62 bits per heavy atom. The number of nitrogens with zero attached hydrogens (tertiary/aromatic N) is 1. The third-order valence-electron chi connectivity index (χ3n) is 2.30. The Morgan fingerprint density at radius 1 is 1.44 bits per heavy atom. The van der Waals surface area contributed by atoms with Crippen LogP contribution >= 0.6 is 11.6 Å². The topological polar surface area (TPSA) is 32.3 Å². The van der Waals surface area contributed by atoms with Crippen LogP contribution in [0.3, 0.4) is 0 Å². The van der Waals surface area contributed by atoms with Gasteiger partial charge in [0.1, 0.15) is 5.38 Å². The fourth-order valence-corrected chi connectivity index (χ4v) is 1.38. The minimum atomic E-state index is -0.470. The molecule has 1 aromatic rings. The number of benzene rings is 1. The Morgan fingerprint density at radius 2 is 2.06 bits per heavy atom. The molecule has 0 radical (unpaired) electrons. The van der Waals surface area contributed by atoms with Crippen molar-refractivity contribution in [2.45, 2.75) is 12.3 Å². The van der Waals surface area contributed by atoms with Crippen molar-refractivity contribution in [3.05, 3.63) is 30.3 Å². The second-order valence-corrected chi connectivity index (χ2v) is 4.32. The molecular weight excluding hydrogens is 224 g/mol. The van der Waals surface area contributed by atoms with Crippen molar-refractivity contribution in [1.29, 1.82) is 0 Å². The molecule has 0 saturated heterocycles. The smallest absolute Gasteiger partial charge is 0.237 e. The first-order valence-electron chi connectivity index (χ1n) is 5.29. The summed E-state index contributed by atoms with van der Waals surface area (Å²) < 4.78 is 0. The predicted molar refractivity (Wildman–Crippen MR) is 68.0 cm³/mol. The van der Waals surface area contributed by atoms with Crippen LogP contribution in [-0.2, 0) is 4.79 Å². The average molecular weight is 241 g/mol. The zero-order valence-electron chi connectivity index (χ0n) is 9.61. The van der Waals surface area contributed by atoms with Crippen molar-refractivity contribution >= 4 is 23.2 Å². The van der Waals surface area contributed by atoms with Gasteiger partial charge in [0.2, 0.25) is 5.91 Å². The van der Waals surface area contributed by atoms with E-state index in [1.54, 1.807) is 6.92 Å². The molecule has 1 N–H and O–H groups in total. The number of likely N-dealkylation sites (N-methyl/N-ethyl adjacent to an activating group) is 1. The molecule has 1 unspecified atom stereocenters. The van der Waals surface area contributed by atoms with Gasteiger partial charge in [0.05, 0.1) is 0 Å². The molecule has 88 valence electrons. The molecule has 0 bridgehead atoms. The first kappa shape index (κ1) is 12.8. The molecule has 1 atom stereocenters. The van der Waals surface area contributed by atoms with E-state index in [1.807, 2.05) is 37.4 Å². The van der Waals surface area contributed by atoms with Crippen molar-refractivity contribution in [2.75, 3.05) is 25.0 Å². The first-order valence-corrected chi connectivity index (χ1v) is 5.73. The molecule has 0 aromatic heterocycles. The summed E-state index contributed by atoms with van der Waals surface area (Å²) in [7, 11) is 1.99. The maximum absolute atomic E-state index is 11.2. The van der Waals surface area contributed by atoms with Crippen LogP contribution in [0.15, 0.2) is 30.3 Å². The van der Waals surface area contributed by atoms with E-state index in [0.717, 1.165) is 12.2 Å². The maximum atomic E-state index is 11.2. The molecule has 1 aromatic carbocycles. The second-order valence-electron chi connectivity index (χ2n) is 3.66. The summed E-state index contributed by atoms with van der Waals surface area (Å²) >= 11 is 5.63. The molecule has 0 saturated carbocycles. The number of carbonyl (C=O) groups excluding carboxylic acids is 1. The van der Waals surface area contributed by atoms with Gasteiger partial charge in [-0.05, 0) is 19.1 Å². The number of halogens is 1. The van der Waals surface area contributed by atoms with Crippen LogP contribution in [0.25, 0.3) is 0 Å². The first-order chi connectivity index (χ1) is 7.61. The SMILES string of the molecule is CC(Cl)C(=O)NCCN(C)c1ccccc1. The van der Waals surface area contributed by atoms with Gasteiger partial charge in [0, 0.05) is 25.8 Å². The number of hydrogen-bond acceptors (Lipinski definition) is 2. The zero-order chi connectivity index (χ0) is 12.0. The highest BCUT2D eigenvalue weighted by molar-refractivity contribution is 6.30. The van der Waals surface area contributed by atoms with E-state index in [4.69, 9.17) is 11.6 Å². The van der Waals surface area contributed by atoms with Crippen molar-refractivity contribution in [3.8, 4) is 0 Å². The van der Waals surface area contributed by atoms with Gasteiger partial charge in [-0.2, -0.15) is 0 Å². The highest BCUT2D eigenvalue weighted by Crippen LogP contribution is 2.09. The number of amides is 1. The number of rotatable bonds is 5. The Balaban J connectivity index is 2.31. The normalized spacial score (nSPS) is 11.9. The molecule has 0 aliphatic carbocycles. The van der Waals surface area contributed by atoms with Gasteiger partial charge in [-0.1, -0.05) is 18.2 Å². The second kappa shape index (κ2) is 6.38. The van der Waals surface area contributed by atoms with E-state index in [2.05, 4.69) is 10.2 Å². The van der Waals surface area contributed by atoms with E-state index >= 15 is 0 Å². The van der Waals surface area contributed by atoms with Crippen LogP contribution in [0.1, 0.15) is 6.92 Å². The number of anilines is 1. The molecule has 0 fully saturated rings. The van der Waals surface area contributed by atoms with Crippen LogP contribution in [0.5, 0.6) is 0 Å². The van der Waals surface area contributed by atoms with Crippen molar-refractivity contribution in [2.24, 2.45) is 0 Å². The number of nitrogens with one attached hydrogen (secondary N) is 1. The lowest BCUT2D eigenvalue weighted by Crippen LogP contribution is -2.36. The summed E-state index contributed by atoms with van der Waals surface area (Å²) in [5, 5.41) is 2.30. The molecular formula is C12H17ClN2O. The van der Waals surface area contributed by atoms with E-state index < -0.39 is 5.38 Å². The predicted octanol–water partition coefficient (Wildman–Crippen LogP) is 1.87. The molecule has 0 aliphatic rings. The van der Waals surface area contributed by atoms with E-state index in [1.165, 1.54) is 0 Å². The van der Waals surface area contributed by atoms with Crippen LogP contribution in [0.2, 0.25) is 0 Å². The maximum Gasteiger partial charge on any atom is 0.237 e. The highest BCUT2D eigenvalue weighted by Gasteiger charge is 2.07. The zero-order valence-corrected chi connectivity index (χ0v) is 10.4. The number of carbonyl (C=O) groups is 1. The Labute approximate surface area is 101 Å². The summed E-state index contributed by atoms with van der Waals surface area (Å²) in [6.45, 7) is 3.03. The third kappa shape index (κ3) is 4.11. The molecule has 1 amide bonds. The van der Waals surface area contributed by atoms with Crippen LogP contribution in [-0.4, -0.2) is 31.4 Å². The van der Waals surface area contributed by atoms with Crippen molar-refractivity contribution in [1.82, 2.24) is 5.32 Å². The van der Waals surface area contributed by atoms with Gasteiger partial charge < -0.3 is 10.2 Å². The summed E-state index contributed by atoms with van der Waals surface area (Å²) in [6, 6.07) is 10.0. The third-order valence-corrected chi connectivity index (χ3v) is 2.50. The minimum absolute atomic E-state index is 0.122. The van der Waals surface area contributed by atoms with Gasteiger partial charge in [-0.15, -0.1) is 11.6 Å². The van der Waals surface area contributed by atoms with Gasteiger partial charge >= 0.3 is 0 Å². The largest absolute Gasteiger partial charge is 0.373 e. The molecule has 0 aliphatic heterocycles. The molecule has 0 heterocycles. The Hall–Kier alpha value is -1.22. The Bertz CT molecular complexity index is 327. The standard InChI is InChI=1S/C12H17ClN2O/c1-10(13)12(16)14-8-9-15(2)11-6-4-3-5-7-11/h3-7,10H,8-9H2,1-2H3,(H,14,16). The highest BCUT2D eigenvalue weighted by atomic mass is 35.5. The minimum Gasteiger partial charge on any atom is -0.373 e. The molecule has 16 heavy (non-hydrogen) atoms. The lowest BCUT2D eigenvalue weighted by atomic mass is 10.3. The quantitative estimate of drug-likeness (QED) is 0.797. The average Bonchev–Trinajstić information content (AvgIpc) is 2.29. The van der Waals surface area contributed by atoms with E-state index in [-0.39, 0.29) is 5.91 Å². The monoisotopic (exact) mass is 240 g/mol. The molecule has 3 nitrogen and oxygen atoms in total.